The molecule has 1 aromatic carbocycles. The van der Waals surface area contributed by atoms with Crippen LogP contribution in [0.2, 0.25) is 0 Å². The number of rotatable bonds is 7. The maximum absolute atomic E-state index is 5.14. The van der Waals surface area contributed by atoms with Gasteiger partial charge in [-0.3, -0.25) is 4.90 Å². The van der Waals surface area contributed by atoms with Gasteiger partial charge in [0.15, 0.2) is 0 Å². The predicted octanol–water partition coefficient (Wildman–Crippen LogP) is 2.29. The first-order chi connectivity index (χ1) is 8.83. The third kappa shape index (κ3) is 3.34. The van der Waals surface area contributed by atoms with Crippen molar-refractivity contribution < 1.29 is 4.74 Å². The molecule has 0 fully saturated rings. The van der Waals surface area contributed by atoms with E-state index in [1.807, 2.05) is 6.08 Å². The Labute approximate surface area is 109 Å². The van der Waals surface area contributed by atoms with Crippen molar-refractivity contribution in [1.82, 2.24) is 4.90 Å². The number of ether oxygens (including phenoxy) is 1. The fourth-order valence-corrected chi connectivity index (χ4v) is 2.35. The third-order valence-electron chi connectivity index (χ3n) is 3.28. The second-order valence-electron chi connectivity index (χ2n) is 4.68. The fourth-order valence-electron chi connectivity index (χ4n) is 2.35. The monoisotopic (exact) mass is 246 g/mol. The van der Waals surface area contributed by atoms with Crippen molar-refractivity contribution >= 4 is 5.69 Å². The number of benzene rings is 1. The first-order valence-corrected chi connectivity index (χ1v) is 6.51. The average molecular weight is 246 g/mol. The Kier molecular flexibility index (Phi) is 4.79. The van der Waals surface area contributed by atoms with Gasteiger partial charge in [-0.1, -0.05) is 18.2 Å². The van der Waals surface area contributed by atoms with Crippen molar-refractivity contribution in [2.75, 3.05) is 38.7 Å². The number of hydrogen-bond acceptors (Lipinski definition) is 3. The molecule has 1 heterocycles. The largest absolute Gasteiger partial charge is 0.384 e. The zero-order valence-corrected chi connectivity index (χ0v) is 11.1. The van der Waals surface area contributed by atoms with Crippen LogP contribution in [0, 0.1) is 0 Å². The molecular weight excluding hydrogens is 224 g/mol. The number of nitrogens with zero attached hydrogens (tertiary/aromatic N) is 1. The summed E-state index contributed by atoms with van der Waals surface area (Å²) in [4.78, 5) is 2.35. The van der Waals surface area contributed by atoms with Crippen LogP contribution in [0.3, 0.4) is 0 Å². The van der Waals surface area contributed by atoms with Crippen molar-refractivity contribution in [2.24, 2.45) is 0 Å². The summed E-state index contributed by atoms with van der Waals surface area (Å²) in [6.45, 7) is 8.45. The summed E-state index contributed by atoms with van der Waals surface area (Å²) in [7, 11) is 1.74. The lowest BCUT2D eigenvalue weighted by molar-refractivity contribution is 0.151. The second-order valence-corrected chi connectivity index (χ2v) is 4.68. The van der Waals surface area contributed by atoms with Gasteiger partial charge in [0.25, 0.3) is 0 Å². The van der Waals surface area contributed by atoms with Gasteiger partial charge >= 0.3 is 0 Å². The Bertz CT molecular complexity index is 403. The molecule has 1 aliphatic heterocycles. The number of hydrogen-bond donors (Lipinski definition) is 1. The molecule has 3 nitrogen and oxygen atoms in total. The standard InChI is InChI=1S/C15H22N2O/c1-3-8-17(9-10-18-2)12-13-4-5-15-14(11-13)6-7-16-15/h3-5,11,16H,1,6-10,12H2,2H3. The zero-order chi connectivity index (χ0) is 12.8. The molecule has 2 rings (SSSR count). The summed E-state index contributed by atoms with van der Waals surface area (Å²) in [6, 6.07) is 6.72. The van der Waals surface area contributed by atoms with Crippen molar-refractivity contribution in [3.8, 4) is 0 Å². The normalized spacial score (nSPS) is 13.4. The Balaban J connectivity index is 1.99. The van der Waals surface area contributed by atoms with Gasteiger partial charge < -0.3 is 10.1 Å². The molecule has 0 radical (unpaired) electrons. The Morgan fingerprint density at radius 3 is 3.17 bits per heavy atom. The second kappa shape index (κ2) is 6.57. The molecule has 0 aromatic heterocycles. The van der Waals surface area contributed by atoms with E-state index in [0.29, 0.717) is 0 Å². The van der Waals surface area contributed by atoms with Gasteiger partial charge in [-0.05, 0) is 23.6 Å². The van der Waals surface area contributed by atoms with Crippen LogP contribution in [0.25, 0.3) is 0 Å². The minimum absolute atomic E-state index is 0.764. The molecule has 1 aromatic rings. The Morgan fingerprint density at radius 2 is 2.39 bits per heavy atom. The number of fused-ring (bicyclic) bond motifs is 1. The first kappa shape index (κ1) is 13.1. The quantitative estimate of drug-likeness (QED) is 0.747. The van der Waals surface area contributed by atoms with E-state index in [2.05, 4.69) is 35.0 Å². The van der Waals surface area contributed by atoms with Crippen LogP contribution in [-0.4, -0.2) is 38.3 Å². The van der Waals surface area contributed by atoms with E-state index in [1.165, 1.54) is 16.8 Å². The molecule has 0 bridgehead atoms. The lowest BCUT2D eigenvalue weighted by Gasteiger charge is -2.20. The van der Waals surface area contributed by atoms with Gasteiger partial charge in [0, 0.05) is 39.0 Å². The highest BCUT2D eigenvalue weighted by Crippen LogP contribution is 2.23. The van der Waals surface area contributed by atoms with E-state index >= 15 is 0 Å². The lowest BCUT2D eigenvalue weighted by atomic mass is 10.1. The number of anilines is 1. The summed E-state index contributed by atoms with van der Waals surface area (Å²) in [6.07, 6.45) is 3.09. The van der Waals surface area contributed by atoms with Crippen molar-refractivity contribution in [3.05, 3.63) is 42.0 Å². The fraction of sp³-hybridized carbons (Fsp3) is 0.467. The molecule has 1 aliphatic rings. The van der Waals surface area contributed by atoms with E-state index in [9.17, 15) is 0 Å². The molecule has 0 atom stereocenters. The molecule has 3 heteroatoms. The van der Waals surface area contributed by atoms with Crippen LogP contribution in [0.1, 0.15) is 11.1 Å². The summed E-state index contributed by atoms with van der Waals surface area (Å²) >= 11 is 0. The van der Waals surface area contributed by atoms with E-state index in [0.717, 1.165) is 39.2 Å². The van der Waals surface area contributed by atoms with Gasteiger partial charge in [-0.25, -0.2) is 0 Å². The maximum atomic E-state index is 5.14. The van der Waals surface area contributed by atoms with E-state index in [4.69, 9.17) is 4.74 Å². The third-order valence-corrected chi connectivity index (χ3v) is 3.28. The maximum Gasteiger partial charge on any atom is 0.0589 e. The molecule has 0 aliphatic carbocycles. The van der Waals surface area contributed by atoms with Gasteiger partial charge in [-0.2, -0.15) is 0 Å². The molecular formula is C15H22N2O. The first-order valence-electron chi connectivity index (χ1n) is 6.51. The van der Waals surface area contributed by atoms with Crippen molar-refractivity contribution in [2.45, 2.75) is 13.0 Å². The number of methoxy groups -OCH3 is 1. The van der Waals surface area contributed by atoms with Crippen LogP contribution in [0.4, 0.5) is 5.69 Å². The van der Waals surface area contributed by atoms with Crippen LogP contribution in [0.15, 0.2) is 30.9 Å². The van der Waals surface area contributed by atoms with Crippen LogP contribution < -0.4 is 5.32 Å². The van der Waals surface area contributed by atoms with E-state index < -0.39 is 0 Å². The van der Waals surface area contributed by atoms with Crippen molar-refractivity contribution in [3.63, 3.8) is 0 Å². The highest BCUT2D eigenvalue weighted by molar-refractivity contribution is 5.56. The molecule has 0 saturated carbocycles. The topological polar surface area (TPSA) is 24.5 Å². The van der Waals surface area contributed by atoms with E-state index in [-0.39, 0.29) is 0 Å². The SMILES string of the molecule is C=CCN(CCOC)Cc1ccc2c(c1)CCN2. The summed E-state index contributed by atoms with van der Waals surface area (Å²) in [5.74, 6) is 0. The highest BCUT2D eigenvalue weighted by Gasteiger charge is 2.11. The minimum atomic E-state index is 0.764. The van der Waals surface area contributed by atoms with Crippen LogP contribution in [0.5, 0.6) is 0 Å². The molecule has 98 valence electrons. The molecule has 0 amide bonds. The van der Waals surface area contributed by atoms with Crippen LogP contribution in [-0.2, 0) is 17.7 Å². The van der Waals surface area contributed by atoms with Gasteiger partial charge in [0.2, 0.25) is 0 Å². The highest BCUT2D eigenvalue weighted by atomic mass is 16.5. The lowest BCUT2D eigenvalue weighted by Crippen LogP contribution is -2.27. The van der Waals surface area contributed by atoms with Gasteiger partial charge in [0.1, 0.15) is 0 Å². The molecule has 1 N–H and O–H groups in total. The smallest absolute Gasteiger partial charge is 0.0589 e. The van der Waals surface area contributed by atoms with E-state index in [1.54, 1.807) is 7.11 Å². The molecule has 18 heavy (non-hydrogen) atoms. The summed E-state index contributed by atoms with van der Waals surface area (Å²) in [5, 5.41) is 3.39. The van der Waals surface area contributed by atoms with Gasteiger partial charge in [0.05, 0.1) is 6.61 Å². The molecule has 0 spiro atoms. The molecule has 0 unspecified atom stereocenters. The average Bonchev–Trinajstić information content (AvgIpc) is 2.83. The zero-order valence-electron chi connectivity index (χ0n) is 11.1. The van der Waals surface area contributed by atoms with Gasteiger partial charge in [-0.15, -0.1) is 6.58 Å². The molecule has 0 saturated heterocycles. The minimum Gasteiger partial charge on any atom is -0.384 e. The van der Waals surface area contributed by atoms with Crippen molar-refractivity contribution in [1.29, 1.82) is 0 Å². The summed E-state index contributed by atoms with van der Waals surface area (Å²) < 4.78 is 5.14. The number of nitrogens with one attached hydrogen (secondary N) is 1. The Morgan fingerprint density at radius 1 is 1.50 bits per heavy atom. The Hall–Kier alpha value is -1.32. The predicted molar refractivity (Wildman–Crippen MR) is 76.0 cm³/mol. The van der Waals surface area contributed by atoms with Crippen LogP contribution >= 0.6 is 0 Å². The summed E-state index contributed by atoms with van der Waals surface area (Å²) in [5.41, 5.74) is 4.11.